The van der Waals surface area contributed by atoms with Gasteiger partial charge in [-0.15, -0.1) is 0 Å². The average molecular weight is 294 g/mol. The molecule has 0 aromatic heterocycles. The first-order valence-corrected chi connectivity index (χ1v) is 7.07. The van der Waals surface area contributed by atoms with Crippen molar-refractivity contribution in [3.05, 3.63) is 29.8 Å². The molecule has 6 heteroatoms. The van der Waals surface area contributed by atoms with E-state index in [0.29, 0.717) is 37.6 Å². The summed E-state index contributed by atoms with van der Waals surface area (Å²) in [5, 5.41) is 5.37. The second kappa shape index (κ2) is 9.77. The smallest absolute Gasteiger partial charge is 0.411 e. The Morgan fingerprint density at radius 1 is 1.10 bits per heavy atom. The molecule has 1 aromatic carbocycles. The fraction of sp³-hybridized carbons (Fsp3) is 0.467. The van der Waals surface area contributed by atoms with Crippen LogP contribution in [0.1, 0.15) is 30.6 Å². The van der Waals surface area contributed by atoms with Gasteiger partial charge in [-0.25, -0.2) is 4.79 Å². The Morgan fingerprint density at radius 2 is 1.81 bits per heavy atom. The second-order valence-corrected chi connectivity index (χ2v) is 4.23. The number of benzene rings is 1. The third-order valence-electron chi connectivity index (χ3n) is 2.62. The molecule has 0 unspecified atom stereocenters. The van der Waals surface area contributed by atoms with Gasteiger partial charge in [-0.3, -0.25) is 10.1 Å². The molecule has 0 aliphatic heterocycles. The summed E-state index contributed by atoms with van der Waals surface area (Å²) in [7, 11) is 0. The SMILES string of the molecule is CCOCCCNC(=O)c1ccc(NC(=O)OCC)cc1. The van der Waals surface area contributed by atoms with Gasteiger partial charge in [-0.1, -0.05) is 0 Å². The van der Waals surface area contributed by atoms with E-state index in [1.165, 1.54) is 0 Å². The lowest BCUT2D eigenvalue weighted by Gasteiger charge is -2.07. The summed E-state index contributed by atoms with van der Waals surface area (Å²) in [6.07, 6.45) is 0.271. The molecule has 1 aromatic rings. The zero-order chi connectivity index (χ0) is 15.5. The van der Waals surface area contributed by atoms with Crippen LogP contribution in [0.3, 0.4) is 0 Å². The Hall–Kier alpha value is -2.08. The molecule has 0 aliphatic carbocycles. The monoisotopic (exact) mass is 294 g/mol. The third-order valence-corrected chi connectivity index (χ3v) is 2.62. The first kappa shape index (κ1) is 17.0. The van der Waals surface area contributed by atoms with E-state index in [9.17, 15) is 9.59 Å². The highest BCUT2D eigenvalue weighted by Gasteiger charge is 2.06. The van der Waals surface area contributed by atoms with E-state index < -0.39 is 6.09 Å². The lowest BCUT2D eigenvalue weighted by molar-refractivity contribution is 0.0944. The molecule has 0 saturated heterocycles. The first-order chi connectivity index (χ1) is 10.2. The average Bonchev–Trinajstić information content (AvgIpc) is 2.48. The molecule has 116 valence electrons. The maximum Gasteiger partial charge on any atom is 0.411 e. The Bertz CT molecular complexity index is 445. The molecule has 0 heterocycles. The molecule has 0 aliphatic rings. The van der Waals surface area contributed by atoms with Crippen molar-refractivity contribution in [3.63, 3.8) is 0 Å². The highest BCUT2D eigenvalue weighted by atomic mass is 16.5. The van der Waals surface area contributed by atoms with Crippen LogP contribution >= 0.6 is 0 Å². The van der Waals surface area contributed by atoms with Gasteiger partial charge >= 0.3 is 6.09 Å². The summed E-state index contributed by atoms with van der Waals surface area (Å²) in [5.41, 5.74) is 1.13. The number of hydrogen-bond donors (Lipinski definition) is 2. The summed E-state index contributed by atoms with van der Waals surface area (Å²) >= 11 is 0. The van der Waals surface area contributed by atoms with Gasteiger partial charge in [-0.05, 0) is 44.5 Å². The number of hydrogen-bond acceptors (Lipinski definition) is 4. The second-order valence-electron chi connectivity index (χ2n) is 4.23. The standard InChI is InChI=1S/C15H22N2O4/c1-3-20-11-5-10-16-14(18)12-6-8-13(9-7-12)17-15(19)21-4-2/h6-9H,3-5,10-11H2,1-2H3,(H,16,18)(H,17,19). The van der Waals surface area contributed by atoms with Crippen molar-refractivity contribution in [2.75, 3.05) is 31.7 Å². The van der Waals surface area contributed by atoms with Gasteiger partial charge in [0.1, 0.15) is 0 Å². The van der Waals surface area contributed by atoms with E-state index in [-0.39, 0.29) is 5.91 Å². The highest BCUT2D eigenvalue weighted by molar-refractivity contribution is 5.95. The molecule has 2 N–H and O–H groups in total. The molecule has 0 radical (unpaired) electrons. The highest BCUT2D eigenvalue weighted by Crippen LogP contribution is 2.09. The fourth-order valence-electron chi connectivity index (χ4n) is 1.61. The summed E-state index contributed by atoms with van der Waals surface area (Å²) in [6.45, 7) is 5.88. The van der Waals surface area contributed by atoms with Gasteiger partial charge in [0.25, 0.3) is 5.91 Å². The quantitative estimate of drug-likeness (QED) is 0.722. The molecule has 0 saturated carbocycles. The fourth-order valence-corrected chi connectivity index (χ4v) is 1.61. The molecular formula is C15H22N2O4. The Morgan fingerprint density at radius 3 is 2.43 bits per heavy atom. The number of carbonyl (C=O) groups excluding carboxylic acids is 2. The van der Waals surface area contributed by atoms with E-state index in [2.05, 4.69) is 10.6 Å². The molecular weight excluding hydrogens is 272 g/mol. The molecule has 0 atom stereocenters. The van der Waals surface area contributed by atoms with Gasteiger partial charge in [0.2, 0.25) is 0 Å². The van der Waals surface area contributed by atoms with Crippen molar-refractivity contribution in [1.82, 2.24) is 5.32 Å². The lowest BCUT2D eigenvalue weighted by atomic mass is 10.2. The molecule has 6 nitrogen and oxygen atoms in total. The zero-order valence-electron chi connectivity index (χ0n) is 12.5. The van der Waals surface area contributed by atoms with Gasteiger partial charge in [0.15, 0.2) is 0 Å². The number of ether oxygens (including phenoxy) is 2. The van der Waals surface area contributed by atoms with Gasteiger partial charge in [0.05, 0.1) is 6.61 Å². The van der Waals surface area contributed by atoms with E-state index in [4.69, 9.17) is 9.47 Å². The third kappa shape index (κ3) is 6.76. The Balaban J connectivity index is 2.38. The first-order valence-electron chi connectivity index (χ1n) is 7.07. The van der Waals surface area contributed by atoms with Crippen LogP contribution in [0.15, 0.2) is 24.3 Å². The Kier molecular flexibility index (Phi) is 7.89. The summed E-state index contributed by atoms with van der Waals surface area (Å²) in [6, 6.07) is 6.62. The predicted molar refractivity (Wildman–Crippen MR) is 80.5 cm³/mol. The molecule has 1 rings (SSSR count). The van der Waals surface area contributed by atoms with Crippen molar-refractivity contribution in [2.45, 2.75) is 20.3 Å². The van der Waals surface area contributed by atoms with Crippen LogP contribution in [0, 0.1) is 0 Å². The summed E-state index contributed by atoms with van der Waals surface area (Å²) in [5.74, 6) is -0.144. The number of rotatable bonds is 8. The van der Waals surface area contributed by atoms with Crippen LogP contribution in [0.5, 0.6) is 0 Å². The summed E-state index contributed by atoms with van der Waals surface area (Å²) in [4.78, 5) is 23.1. The number of anilines is 1. The minimum Gasteiger partial charge on any atom is -0.450 e. The van der Waals surface area contributed by atoms with Crippen molar-refractivity contribution in [2.24, 2.45) is 0 Å². The molecule has 0 bridgehead atoms. The molecule has 0 fully saturated rings. The van der Waals surface area contributed by atoms with Crippen molar-refractivity contribution in [3.8, 4) is 0 Å². The number of nitrogens with one attached hydrogen (secondary N) is 2. The molecule has 2 amide bonds. The zero-order valence-corrected chi connectivity index (χ0v) is 12.5. The van der Waals surface area contributed by atoms with E-state index in [1.807, 2.05) is 6.92 Å². The van der Waals surface area contributed by atoms with E-state index in [0.717, 1.165) is 6.42 Å². The van der Waals surface area contributed by atoms with Crippen LogP contribution in [0.4, 0.5) is 10.5 Å². The minimum absolute atomic E-state index is 0.144. The number of carbonyl (C=O) groups is 2. The Labute approximate surface area is 124 Å². The van der Waals surface area contributed by atoms with Crippen molar-refractivity contribution < 1.29 is 19.1 Å². The van der Waals surface area contributed by atoms with Crippen molar-refractivity contribution >= 4 is 17.7 Å². The molecule has 0 spiro atoms. The van der Waals surface area contributed by atoms with Crippen LogP contribution < -0.4 is 10.6 Å². The van der Waals surface area contributed by atoms with E-state index in [1.54, 1.807) is 31.2 Å². The minimum atomic E-state index is -0.509. The van der Waals surface area contributed by atoms with Crippen LogP contribution in [0.2, 0.25) is 0 Å². The van der Waals surface area contributed by atoms with Gasteiger partial charge in [-0.2, -0.15) is 0 Å². The van der Waals surface area contributed by atoms with Gasteiger partial charge < -0.3 is 14.8 Å². The van der Waals surface area contributed by atoms with Crippen LogP contribution in [0.25, 0.3) is 0 Å². The van der Waals surface area contributed by atoms with Gasteiger partial charge in [0, 0.05) is 31.0 Å². The maximum atomic E-state index is 11.8. The predicted octanol–water partition coefficient (Wildman–Crippen LogP) is 2.41. The van der Waals surface area contributed by atoms with Crippen LogP contribution in [-0.2, 0) is 9.47 Å². The number of amides is 2. The van der Waals surface area contributed by atoms with Crippen molar-refractivity contribution in [1.29, 1.82) is 0 Å². The molecule has 21 heavy (non-hydrogen) atoms. The lowest BCUT2D eigenvalue weighted by Crippen LogP contribution is -2.25. The van der Waals surface area contributed by atoms with E-state index >= 15 is 0 Å². The topological polar surface area (TPSA) is 76.7 Å². The maximum absolute atomic E-state index is 11.8. The summed E-state index contributed by atoms with van der Waals surface area (Å²) < 4.78 is 9.96. The largest absolute Gasteiger partial charge is 0.450 e. The normalized spacial score (nSPS) is 10.0. The van der Waals surface area contributed by atoms with Crippen LogP contribution in [-0.4, -0.2) is 38.4 Å².